The van der Waals surface area contributed by atoms with E-state index in [0.29, 0.717) is 25.2 Å². The number of aryl methyl sites for hydroxylation is 1. The molecule has 20 heavy (non-hydrogen) atoms. The van der Waals surface area contributed by atoms with Crippen LogP contribution in [0, 0.1) is 11.8 Å². The van der Waals surface area contributed by atoms with E-state index >= 15 is 0 Å². The Morgan fingerprint density at radius 1 is 1.40 bits per heavy atom. The van der Waals surface area contributed by atoms with Crippen LogP contribution < -0.4 is 0 Å². The lowest BCUT2D eigenvalue weighted by Gasteiger charge is -2.35. The lowest BCUT2D eigenvalue weighted by Crippen LogP contribution is -2.40. The Kier molecular flexibility index (Phi) is 4.73. The fraction of sp³-hybridized carbons (Fsp3) is 0.786. The molecular weight excluding hydrogens is 269 g/mol. The highest BCUT2D eigenvalue weighted by atomic mass is 19.4. The van der Waals surface area contributed by atoms with Gasteiger partial charge in [0, 0.05) is 25.4 Å². The molecule has 1 aromatic rings. The first-order valence-electron chi connectivity index (χ1n) is 7.18. The highest BCUT2D eigenvalue weighted by Crippen LogP contribution is 2.43. The minimum Gasteiger partial charge on any atom is -0.392 e. The van der Waals surface area contributed by atoms with E-state index in [1.807, 2.05) is 11.5 Å². The molecule has 3 unspecified atom stereocenters. The maximum Gasteiger partial charge on any atom is 0.392 e. The summed E-state index contributed by atoms with van der Waals surface area (Å²) in [5, 5.41) is 10.2. The molecule has 2 rings (SSSR count). The Morgan fingerprint density at radius 3 is 2.75 bits per heavy atom. The Hall–Kier alpha value is -1.04. The van der Waals surface area contributed by atoms with E-state index in [4.69, 9.17) is 0 Å². The Morgan fingerprint density at radius 2 is 2.10 bits per heavy atom. The number of halogens is 3. The van der Waals surface area contributed by atoms with Crippen LogP contribution >= 0.6 is 0 Å². The molecule has 114 valence electrons. The van der Waals surface area contributed by atoms with Gasteiger partial charge in [-0.25, -0.2) is 4.98 Å². The molecule has 1 aromatic heterocycles. The van der Waals surface area contributed by atoms with E-state index < -0.39 is 24.1 Å². The molecule has 0 saturated heterocycles. The summed E-state index contributed by atoms with van der Waals surface area (Å²) in [7, 11) is 0. The van der Waals surface area contributed by atoms with Gasteiger partial charge in [-0.2, -0.15) is 13.2 Å². The van der Waals surface area contributed by atoms with Crippen LogP contribution in [0.5, 0.6) is 0 Å². The number of nitrogens with zero attached hydrogens (tertiary/aromatic N) is 2. The van der Waals surface area contributed by atoms with E-state index in [-0.39, 0.29) is 12.8 Å². The van der Waals surface area contributed by atoms with E-state index in [9.17, 15) is 18.3 Å². The number of hydrogen-bond donors (Lipinski definition) is 1. The fourth-order valence-electron chi connectivity index (χ4n) is 3.18. The molecule has 6 heteroatoms. The van der Waals surface area contributed by atoms with Crippen molar-refractivity contribution < 1.29 is 18.3 Å². The first-order valence-corrected chi connectivity index (χ1v) is 7.18. The van der Waals surface area contributed by atoms with Crippen molar-refractivity contribution >= 4 is 0 Å². The molecule has 1 aliphatic rings. The summed E-state index contributed by atoms with van der Waals surface area (Å²) in [5.41, 5.74) is 0. The minimum atomic E-state index is -4.22. The molecule has 0 aliphatic heterocycles. The Bertz CT molecular complexity index is 430. The van der Waals surface area contributed by atoms with Gasteiger partial charge in [0.25, 0.3) is 0 Å². The third kappa shape index (κ3) is 3.34. The SMILES string of the molecule is CCn1ccnc1CC(O)C1CCCCC1C(F)(F)F. The molecule has 3 atom stereocenters. The van der Waals surface area contributed by atoms with Gasteiger partial charge >= 0.3 is 6.18 Å². The summed E-state index contributed by atoms with van der Waals surface area (Å²) in [5.74, 6) is -1.42. The van der Waals surface area contributed by atoms with Gasteiger partial charge in [0.15, 0.2) is 0 Å². The summed E-state index contributed by atoms with van der Waals surface area (Å²) in [6, 6.07) is 0. The van der Waals surface area contributed by atoms with Gasteiger partial charge in [0.05, 0.1) is 12.0 Å². The van der Waals surface area contributed by atoms with Crippen LogP contribution in [0.1, 0.15) is 38.4 Å². The van der Waals surface area contributed by atoms with Gasteiger partial charge in [0.1, 0.15) is 5.82 Å². The van der Waals surface area contributed by atoms with Crippen LogP contribution in [0.25, 0.3) is 0 Å². The van der Waals surface area contributed by atoms with Gasteiger partial charge in [0.2, 0.25) is 0 Å². The zero-order valence-corrected chi connectivity index (χ0v) is 11.6. The van der Waals surface area contributed by atoms with Crippen molar-refractivity contribution in [3.63, 3.8) is 0 Å². The standard InChI is InChI=1S/C14H21F3N2O/c1-2-19-8-7-18-13(19)9-12(20)10-5-3-4-6-11(10)14(15,16)17/h7-8,10-12,20H,2-6,9H2,1H3. The van der Waals surface area contributed by atoms with E-state index in [1.54, 1.807) is 12.4 Å². The molecule has 0 radical (unpaired) electrons. The van der Waals surface area contributed by atoms with Crippen LogP contribution in [0.4, 0.5) is 13.2 Å². The number of aromatic nitrogens is 2. The van der Waals surface area contributed by atoms with Crippen LogP contribution in [0.2, 0.25) is 0 Å². The molecule has 1 heterocycles. The maximum atomic E-state index is 13.0. The van der Waals surface area contributed by atoms with Crippen LogP contribution in [0.3, 0.4) is 0 Å². The van der Waals surface area contributed by atoms with Gasteiger partial charge < -0.3 is 9.67 Å². The van der Waals surface area contributed by atoms with E-state index in [2.05, 4.69) is 4.98 Å². The summed E-state index contributed by atoms with van der Waals surface area (Å²) in [6.45, 7) is 2.64. The third-order valence-corrected chi connectivity index (χ3v) is 4.27. The molecule has 1 aliphatic carbocycles. The maximum absolute atomic E-state index is 13.0. The van der Waals surface area contributed by atoms with Crippen molar-refractivity contribution in [2.24, 2.45) is 11.8 Å². The Balaban J connectivity index is 2.08. The second kappa shape index (κ2) is 6.16. The van der Waals surface area contributed by atoms with Gasteiger partial charge in [-0.3, -0.25) is 0 Å². The van der Waals surface area contributed by atoms with Crippen molar-refractivity contribution in [1.29, 1.82) is 0 Å². The normalized spacial score (nSPS) is 25.6. The molecular formula is C14H21F3N2O. The molecule has 0 aromatic carbocycles. The van der Waals surface area contributed by atoms with Crippen molar-refractivity contribution in [1.82, 2.24) is 9.55 Å². The number of rotatable bonds is 4. The third-order valence-electron chi connectivity index (χ3n) is 4.27. The number of alkyl halides is 3. The molecule has 1 saturated carbocycles. The molecule has 0 bridgehead atoms. The summed E-state index contributed by atoms with van der Waals surface area (Å²) in [6.07, 6.45) is 0.330. The topological polar surface area (TPSA) is 38.0 Å². The average molecular weight is 290 g/mol. The number of aliphatic hydroxyl groups excluding tert-OH is 1. The van der Waals surface area contributed by atoms with Crippen molar-refractivity contribution in [3.8, 4) is 0 Å². The molecule has 1 N–H and O–H groups in total. The van der Waals surface area contributed by atoms with Crippen LogP contribution in [-0.2, 0) is 13.0 Å². The minimum absolute atomic E-state index is 0.132. The van der Waals surface area contributed by atoms with Crippen molar-refractivity contribution in [2.45, 2.75) is 57.9 Å². The highest BCUT2D eigenvalue weighted by molar-refractivity contribution is 4.97. The van der Waals surface area contributed by atoms with Crippen molar-refractivity contribution in [2.75, 3.05) is 0 Å². The largest absolute Gasteiger partial charge is 0.392 e. The summed E-state index contributed by atoms with van der Waals surface area (Å²) in [4.78, 5) is 4.13. The lowest BCUT2D eigenvalue weighted by atomic mass is 9.75. The predicted molar refractivity (Wildman–Crippen MR) is 69.1 cm³/mol. The van der Waals surface area contributed by atoms with Crippen LogP contribution in [0.15, 0.2) is 12.4 Å². The summed E-state index contributed by atoms with van der Waals surface area (Å²) >= 11 is 0. The first-order chi connectivity index (χ1) is 9.43. The van der Waals surface area contributed by atoms with Crippen molar-refractivity contribution in [3.05, 3.63) is 18.2 Å². The quantitative estimate of drug-likeness (QED) is 0.925. The molecule has 3 nitrogen and oxygen atoms in total. The molecule has 1 fully saturated rings. The molecule has 0 spiro atoms. The summed E-state index contributed by atoms with van der Waals surface area (Å²) < 4.78 is 41.0. The van der Waals surface area contributed by atoms with Gasteiger partial charge in [-0.05, 0) is 25.7 Å². The average Bonchev–Trinajstić information content (AvgIpc) is 2.85. The fourth-order valence-corrected chi connectivity index (χ4v) is 3.18. The number of aliphatic hydroxyl groups is 1. The smallest absolute Gasteiger partial charge is 0.392 e. The zero-order chi connectivity index (χ0) is 14.8. The van der Waals surface area contributed by atoms with Gasteiger partial charge in [-0.1, -0.05) is 12.8 Å². The van der Waals surface area contributed by atoms with E-state index in [1.165, 1.54) is 0 Å². The second-order valence-corrected chi connectivity index (χ2v) is 5.50. The second-order valence-electron chi connectivity index (χ2n) is 5.50. The zero-order valence-electron chi connectivity index (χ0n) is 11.6. The predicted octanol–water partition coefficient (Wildman–Crippen LogP) is 3.18. The van der Waals surface area contributed by atoms with Gasteiger partial charge in [-0.15, -0.1) is 0 Å². The first kappa shape index (κ1) is 15.4. The van der Waals surface area contributed by atoms with Crippen LogP contribution in [-0.4, -0.2) is 26.9 Å². The number of imidazole rings is 1. The highest BCUT2D eigenvalue weighted by Gasteiger charge is 2.47. The monoisotopic (exact) mass is 290 g/mol. The van der Waals surface area contributed by atoms with E-state index in [0.717, 1.165) is 6.42 Å². The lowest BCUT2D eigenvalue weighted by molar-refractivity contribution is -0.206. The number of hydrogen-bond acceptors (Lipinski definition) is 2. The molecule has 0 amide bonds. The Labute approximate surface area is 116 Å².